The summed E-state index contributed by atoms with van der Waals surface area (Å²) in [7, 11) is -3.58. The Hall–Kier alpha value is -1.05. The van der Waals surface area contributed by atoms with E-state index in [1.807, 2.05) is 0 Å². The fourth-order valence-corrected chi connectivity index (χ4v) is 4.83. The lowest BCUT2D eigenvalue weighted by molar-refractivity contribution is 0.0217. The van der Waals surface area contributed by atoms with Gasteiger partial charge >= 0.3 is 6.09 Å². The van der Waals surface area contributed by atoms with Crippen LogP contribution in [0.5, 0.6) is 0 Å². The molecule has 24 heavy (non-hydrogen) atoms. The number of hydrogen-bond donors (Lipinski definition) is 0. The highest BCUT2D eigenvalue weighted by Crippen LogP contribution is 2.28. The Kier molecular flexibility index (Phi) is 5.67. The van der Waals surface area contributed by atoms with Gasteiger partial charge in [-0.1, -0.05) is 23.2 Å². The number of nitrogens with zero attached hydrogens (tertiary/aromatic N) is 2. The first-order valence-electron chi connectivity index (χ1n) is 7.54. The Bertz CT molecular complexity index is 703. The molecule has 9 heteroatoms. The van der Waals surface area contributed by atoms with Crippen LogP contribution in [0, 0.1) is 0 Å². The van der Waals surface area contributed by atoms with Crippen LogP contribution in [-0.4, -0.2) is 48.3 Å². The average Bonchev–Trinajstić information content (AvgIpc) is 2.44. The number of amides is 1. The van der Waals surface area contributed by atoms with Gasteiger partial charge in [-0.2, -0.15) is 0 Å². The zero-order valence-corrected chi connectivity index (χ0v) is 16.1. The SMILES string of the molecule is CC(C)(C)OC(=O)N1CCC(S(=O)(=O)c2cc(Cl)nc(Cl)c2)CC1. The van der Waals surface area contributed by atoms with Crippen molar-refractivity contribution in [2.45, 2.75) is 49.4 Å². The summed E-state index contributed by atoms with van der Waals surface area (Å²) < 4.78 is 30.7. The molecule has 0 spiro atoms. The van der Waals surface area contributed by atoms with Gasteiger partial charge in [-0.3, -0.25) is 0 Å². The summed E-state index contributed by atoms with van der Waals surface area (Å²) in [5, 5.41) is -0.523. The molecule has 2 rings (SSSR count). The fourth-order valence-electron chi connectivity index (χ4n) is 2.47. The van der Waals surface area contributed by atoms with E-state index in [0.29, 0.717) is 25.9 Å². The minimum Gasteiger partial charge on any atom is -0.444 e. The van der Waals surface area contributed by atoms with E-state index >= 15 is 0 Å². The quantitative estimate of drug-likeness (QED) is 0.716. The lowest BCUT2D eigenvalue weighted by atomic mass is 10.1. The van der Waals surface area contributed by atoms with Crippen molar-refractivity contribution in [1.82, 2.24) is 9.88 Å². The summed E-state index contributed by atoms with van der Waals surface area (Å²) in [5.41, 5.74) is -0.579. The van der Waals surface area contributed by atoms with E-state index in [-0.39, 0.29) is 15.2 Å². The lowest BCUT2D eigenvalue weighted by Crippen LogP contribution is -2.44. The maximum absolute atomic E-state index is 12.7. The molecule has 0 unspecified atom stereocenters. The molecule has 1 aliphatic rings. The smallest absolute Gasteiger partial charge is 0.410 e. The molecular formula is C15H20Cl2N2O4S. The van der Waals surface area contributed by atoms with Gasteiger partial charge < -0.3 is 9.64 Å². The minimum atomic E-state index is -3.58. The van der Waals surface area contributed by atoms with Gasteiger partial charge in [-0.25, -0.2) is 18.2 Å². The maximum Gasteiger partial charge on any atom is 0.410 e. The van der Waals surface area contributed by atoms with Gasteiger partial charge in [0, 0.05) is 13.1 Å². The number of ether oxygens (including phenoxy) is 1. The second-order valence-corrected chi connectivity index (χ2v) is 9.66. The van der Waals surface area contributed by atoms with Crippen molar-refractivity contribution in [1.29, 1.82) is 0 Å². The van der Waals surface area contributed by atoms with Crippen molar-refractivity contribution in [3.63, 3.8) is 0 Å². The standard InChI is InChI=1S/C15H20Cl2N2O4S/c1-15(2,3)23-14(20)19-6-4-10(5-7-19)24(21,22)11-8-12(16)18-13(17)9-11/h8-10H,4-7H2,1-3H3. The molecule has 1 aliphatic heterocycles. The second-order valence-electron chi connectivity index (χ2n) is 6.66. The summed E-state index contributed by atoms with van der Waals surface area (Å²) in [4.78, 5) is 17.4. The molecule has 6 nitrogen and oxygen atoms in total. The summed E-state index contributed by atoms with van der Waals surface area (Å²) in [6, 6.07) is 2.59. The number of piperidine rings is 1. The molecule has 2 heterocycles. The third kappa shape index (κ3) is 4.74. The molecule has 1 fully saturated rings. The highest BCUT2D eigenvalue weighted by Gasteiger charge is 2.34. The number of hydrogen-bond acceptors (Lipinski definition) is 5. The van der Waals surface area contributed by atoms with E-state index in [1.54, 1.807) is 20.8 Å². The van der Waals surface area contributed by atoms with E-state index < -0.39 is 26.8 Å². The summed E-state index contributed by atoms with van der Waals surface area (Å²) in [6.45, 7) is 6.02. The van der Waals surface area contributed by atoms with E-state index in [4.69, 9.17) is 27.9 Å². The highest BCUT2D eigenvalue weighted by molar-refractivity contribution is 7.92. The van der Waals surface area contributed by atoms with Crippen LogP contribution in [0.2, 0.25) is 10.3 Å². The number of sulfone groups is 1. The van der Waals surface area contributed by atoms with E-state index in [0.717, 1.165) is 0 Å². The summed E-state index contributed by atoms with van der Waals surface area (Å²) in [5.74, 6) is 0. The van der Waals surface area contributed by atoms with E-state index in [1.165, 1.54) is 17.0 Å². The molecule has 1 aromatic rings. The van der Waals surface area contributed by atoms with Crippen LogP contribution in [0.3, 0.4) is 0 Å². The zero-order valence-electron chi connectivity index (χ0n) is 13.8. The van der Waals surface area contributed by atoms with Crippen molar-refractivity contribution in [2.24, 2.45) is 0 Å². The number of halogens is 2. The molecule has 0 aromatic carbocycles. The van der Waals surface area contributed by atoms with Crippen molar-refractivity contribution < 1.29 is 17.9 Å². The molecule has 1 aromatic heterocycles. The van der Waals surface area contributed by atoms with Gasteiger partial charge in [-0.15, -0.1) is 0 Å². The predicted molar refractivity (Wildman–Crippen MR) is 92.3 cm³/mol. The Morgan fingerprint density at radius 2 is 1.71 bits per heavy atom. The topological polar surface area (TPSA) is 76.6 Å². The van der Waals surface area contributed by atoms with Crippen molar-refractivity contribution >= 4 is 39.1 Å². The predicted octanol–water partition coefficient (Wildman–Crippen LogP) is 3.56. The second kappa shape index (κ2) is 7.06. The molecular weight excluding hydrogens is 375 g/mol. The number of likely N-dealkylation sites (tertiary alicyclic amines) is 1. The summed E-state index contributed by atoms with van der Waals surface area (Å²) in [6.07, 6.45) is 0.242. The molecule has 134 valence electrons. The van der Waals surface area contributed by atoms with Gasteiger partial charge in [0.1, 0.15) is 15.9 Å². The van der Waals surface area contributed by atoms with E-state index in [9.17, 15) is 13.2 Å². The van der Waals surface area contributed by atoms with Crippen LogP contribution in [0.15, 0.2) is 17.0 Å². The first kappa shape index (κ1) is 19.3. The lowest BCUT2D eigenvalue weighted by Gasteiger charge is -2.33. The molecule has 1 saturated heterocycles. The maximum atomic E-state index is 12.7. The molecule has 0 bridgehead atoms. The molecule has 0 radical (unpaired) electrons. The molecule has 0 saturated carbocycles. The Morgan fingerprint density at radius 1 is 1.21 bits per heavy atom. The number of aromatic nitrogens is 1. The third-order valence-electron chi connectivity index (χ3n) is 3.60. The van der Waals surface area contributed by atoms with Crippen molar-refractivity contribution in [3.05, 3.63) is 22.4 Å². The normalized spacial score (nSPS) is 17.0. The van der Waals surface area contributed by atoms with Crippen LogP contribution in [-0.2, 0) is 14.6 Å². The third-order valence-corrected chi connectivity index (χ3v) is 6.23. The van der Waals surface area contributed by atoms with Crippen LogP contribution in [0.1, 0.15) is 33.6 Å². The molecule has 0 N–H and O–H groups in total. The monoisotopic (exact) mass is 394 g/mol. The van der Waals surface area contributed by atoms with Crippen molar-refractivity contribution in [2.75, 3.05) is 13.1 Å². The Morgan fingerprint density at radius 3 is 2.17 bits per heavy atom. The van der Waals surface area contributed by atoms with Gasteiger partial charge in [0.05, 0.1) is 10.1 Å². The first-order valence-corrected chi connectivity index (χ1v) is 9.84. The zero-order chi connectivity index (χ0) is 18.1. The molecule has 1 amide bonds. The van der Waals surface area contributed by atoms with E-state index in [2.05, 4.69) is 4.98 Å². The highest BCUT2D eigenvalue weighted by atomic mass is 35.5. The molecule has 0 atom stereocenters. The van der Waals surface area contributed by atoms with Gasteiger partial charge in [0.25, 0.3) is 0 Å². The number of rotatable bonds is 2. The van der Waals surface area contributed by atoms with Crippen LogP contribution in [0.4, 0.5) is 4.79 Å². The van der Waals surface area contributed by atoms with Crippen molar-refractivity contribution in [3.8, 4) is 0 Å². The number of pyridine rings is 1. The number of carbonyl (C=O) groups is 1. The van der Waals surface area contributed by atoms with Crippen LogP contribution >= 0.6 is 23.2 Å². The number of carbonyl (C=O) groups excluding carboxylic acids is 1. The van der Waals surface area contributed by atoms with Gasteiger partial charge in [0.15, 0.2) is 9.84 Å². The Labute approximate surface area is 152 Å². The largest absolute Gasteiger partial charge is 0.444 e. The first-order chi connectivity index (χ1) is 11.0. The van der Waals surface area contributed by atoms with Gasteiger partial charge in [0.2, 0.25) is 0 Å². The van der Waals surface area contributed by atoms with Crippen LogP contribution in [0.25, 0.3) is 0 Å². The Balaban J connectivity index is 2.07. The summed E-state index contributed by atoms with van der Waals surface area (Å²) >= 11 is 11.6. The van der Waals surface area contributed by atoms with Gasteiger partial charge in [-0.05, 0) is 45.7 Å². The minimum absolute atomic E-state index is 0.0345. The van der Waals surface area contributed by atoms with Crippen LogP contribution < -0.4 is 0 Å². The molecule has 0 aliphatic carbocycles. The average molecular weight is 395 g/mol. The fraction of sp³-hybridized carbons (Fsp3) is 0.600.